The summed E-state index contributed by atoms with van der Waals surface area (Å²) in [6.07, 6.45) is 0. The monoisotopic (exact) mass is 206 g/mol. The summed E-state index contributed by atoms with van der Waals surface area (Å²) in [5, 5.41) is 0. The highest BCUT2D eigenvalue weighted by atomic mass is 32.2. The Morgan fingerprint density at radius 2 is 2.00 bits per heavy atom. The molecule has 0 aromatic heterocycles. The lowest BCUT2D eigenvalue weighted by Crippen LogP contribution is -2.50. The number of rotatable bonds is 2. The predicted octanol–water partition coefficient (Wildman–Crippen LogP) is -0.890. The maximum Gasteiger partial charge on any atom is 0.237 e. The van der Waals surface area contributed by atoms with Gasteiger partial charge in [0.1, 0.15) is 0 Å². The van der Waals surface area contributed by atoms with Crippen LogP contribution in [0.5, 0.6) is 0 Å². The van der Waals surface area contributed by atoms with Crippen molar-refractivity contribution in [1.82, 2.24) is 9.21 Å². The molecule has 0 aromatic carbocycles. The fraction of sp³-hybridized carbons (Fsp3) is 0.857. The van der Waals surface area contributed by atoms with Crippen LogP contribution in [-0.4, -0.2) is 56.0 Å². The second-order valence-electron chi connectivity index (χ2n) is 3.05. The minimum atomic E-state index is -3.19. The molecule has 1 saturated heterocycles. The first-order valence-electron chi connectivity index (χ1n) is 4.19. The molecule has 0 N–H and O–H groups in total. The van der Waals surface area contributed by atoms with E-state index in [1.807, 2.05) is 0 Å². The lowest BCUT2D eigenvalue weighted by atomic mass is 10.4. The molecule has 0 unspecified atom stereocenters. The first-order chi connectivity index (χ1) is 5.97. The molecule has 1 fully saturated rings. The maximum atomic E-state index is 11.4. The first kappa shape index (κ1) is 10.5. The molecular weight excluding hydrogens is 192 g/mol. The molecular formula is C7H14N2O3S. The van der Waals surface area contributed by atoms with Crippen LogP contribution in [0, 0.1) is 0 Å². The Bertz CT molecular complexity index is 299. The lowest BCUT2D eigenvalue weighted by molar-refractivity contribution is -0.132. The summed E-state index contributed by atoms with van der Waals surface area (Å²) < 4.78 is 24.0. The first-order valence-corrected chi connectivity index (χ1v) is 5.80. The Morgan fingerprint density at radius 3 is 2.46 bits per heavy atom. The van der Waals surface area contributed by atoms with Gasteiger partial charge >= 0.3 is 0 Å². The molecule has 6 heteroatoms. The van der Waals surface area contributed by atoms with E-state index in [0.717, 1.165) is 0 Å². The third-order valence-corrected chi connectivity index (χ3v) is 4.01. The van der Waals surface area contributed by atoms with E-state index in [2.05, 4.69) is 0 Å². The molecule has 0 aliphatic carbocycles. The molecule has 0 saturated carbocycles. The fourth-order valence-electron chi connectivity index (χ4n) is 1.16. The Balaban J connectivity index is 2.71. The van der Waals surface area contributed by atoms with Crippen molar-refractivity contribution in [2.45, 2.75) is 6.92 Å². The zero-order valence-corrected chi connectivity index (χ0v) is 8.67. The van der Waals surface area contributed by atoms with Crippen LogP contribution in [0.2, 0.25) is 0 Å². The van der Waals surface area contributed by atoms with Crippen molar-refractivity contribution in [3.8, 4) is 0 Å². The number of hydrogen-bond donors (Lipinski definition) is 0. The normalized spacial score (nSPS) is 20.8. The van der Waals surface area contributed by atoms with Gasteiger partial charge in [0.25, 0.3) is 0 Å². The number of carbonyl (C=O) groups excluding carboxylic acids is 1. The Morgan fingerprint density at radius 1 is 1.38 bits per heavy atom. The van der Waals surface area contributed by atoms with Crippen molar-refractivity contribution in [2.75, 3.05) is 32.4 Å². The highest BCUT2D eigenvalue weighted by Crippen LogP contribution is 2.06. The maximum absolute atomic E-state index is 11.4. The molecule has 0 aromatic rings. The van der Waals surface area contributed by atoms with E-state index in [1.54, 1.807) is 18.9 Å². The molecule has 1 aliphatic rings. The van der Waals surface area contributed by atoms with Crippen molar-refractivity contribution in [1.29, 1.82) is 0 Å². The lowest BCUT2D eigenvalue weighted by Gasteiger charge is -2.30. The van der Waals surface area contributed by atoms with Crippen LogP contribution >= 0.6 is 0 Å². The van der Waals surface area contributed by atoms with E-state index >= 15 is 0 Å². The van der Waals surface area contributed by atoms with Gasteiger partial charge in [-0.3, -0.25) is 4.79 Å². The molecule has 1 amide bonds. The summed E-state index contributed by atoms with van der Waals surface area (Å²) >= 11 is 0. The highest BCUT2D eigenvalue weighted by Gasteiger charge is 2.28. The molecule has 1 heterocycles. The number of amides is 1. The molecule has 0 atom stereocenters. The Hall–Kier alpha value is -0.620. The zero-order valence-electron chi connectivity index (χ0n) is 7.86. The van der Waals surface area contributed by atoms with E-state index in [1.165, 1.54) is 4.31 Å². The second kappa shape index (κ2) is 3.63. The van der Waals surface area contributed by atoms with Crippen molar-refractivity contribution < 1.29 is 13.2 Å². The quantitative estimate of drug-likeness (QED) is 0.589. The molecule has 13 heavy (non-hydrogen) atoms. The fourth-order valence-corrected chi connectivity index (χ4v) is 2.19. The third-order valence-electron chi connectivity index (χ3n) is 2.18. The van der Waals surface area contributed by atoms with Crippen LogP contribution in [-0.2, 0) is 14.8 Å². The van der Waals surface area contributed by atoms with Gasteiger partial charge < -0.3 is 4.90 Å². The predicted molar refractivity (Wildman–Crippen MR) is 48.7 cm³/mol. The van der Waals surface area contributed by atoms with Gasteiger partial charge in [0.05, 0.1) is 12.3 Å². The molecule has 1 rings (SSSR count). The minimum absolute atomic E-state index is 0.00727. The van der Waals surface area contributed by atoms with Gasteiger partial charge in [-0.2, -0.15) is 4.31 Å². The minimum Gasteiger partial charge on any atom is -0.343 e. The van der Waals surface area contributed by atoms with Gasteiger partial charge in [0.15, 0.2) is 0 Å². The number of piperazine rings is 1. The average Bonchev–Trinajstić information content (AvgIpc) is 2.09. The van der Waals surface area contributed by atoms with Gasteiger partial charge in [-0.25, -0.2) is 8.42 Å². The number of sulfonamides is 1. The van der Waals surface area contributed by atoms with Crippen LogP contribution in [0.15, 0.2) is 0 Å². The number of carbonyl (C=O) groups is 1. The van der Waals surface area contributed by atoms with E-state index < -0.39 is 10.0 Å². The van der Waals surface area contributed by atoms with Gasteiger partial charge in [-0.05, 0) is 6.92 Å². The van der Waals surface area contributed by atoms with Crippen LogP contribution < -0.4 is 0 Å². The van der Waals surface area contributed by atoms with Gasteiger partial charge in [0, 0.05) is 20.1 Å². The zero-order chi connectivity index (χ0) is 10.1. The van der Waals surface area contributed by atoms with Crippen LogP contribution in [0.3, 0.4) is 0 Å². The van der Waals surface area contributed by atoms with E-state index in [9.17, 15) is 13.2 Å². The highest BCUT2D eigenvalue weighted by molar-refractivity contribution is 7.89. The van der Waals surface area contributed by atoms with E-state index in [4.69, 9.17) is 0 Å². The molecule has 76 valence electrons. The SMILES string of the molecule is CCS(=O)(=O)N1CCN(C)C(=O)C1. The third kappa shape index (κ3) is 2.19. The number of nitrogens with zero attached hydrogens (tertiary/aromatic N) is 2. The molecule has 0 bridgehead atoms. The summed E-state index contributed by atoms with van der Waals surface area (Å²) in [5.41, 5.74) is 0. The van der Waals surface area contributed by atoms with Gasteiger partial charge in [-0.15, -0.1) is 0 Å². The van der Waals surface area contributed by atoms with Gasteiger partial charge in [0.2, 0.25) is 15.9 Å². The average molecular weight is 206 g/mol. The number of hydrogen-bond acceptors (Lipinski definition) is 3. The van der Waals surface area contributed by atoms with Crippen molar-refractivity contribution in [3.63, 3.8) is 0 Å². The summed E-state index contributed by atoms with van der Waals surface area (Å²) in [4.78, 5) is 12.7. The van der Waals surface area contributed by atoms with Crippen molar-refractivity contribution in [3.05, 3.63) is 0 Å². The van der Waals surface area contributed by atoms with Gasteiger partial charge in [-0.1, -0.05) is 0 Å². The summed E-state index contributed by atoms with van der Waals surface area (Å²) in [6.45, 7) is 2.47. The van der Waals surface area contributed by atoms with Crippen LogP contribution in [0.4, 0.5) is 0 Å². The summed E-state index contributed by atoms with van der Waals surface area (Å²) in [6, 6.07) is 0. The molecule has 0 spiro atoms. The van der Waals surface area contributed by atoms with Crippen LogP contribution in [0.1, 0.15) is 6.92 Å². The van der Waals surface area contributed by atoms with Crippen molar-refractivity contribution >= 4 is 15.9 Å². The smallest absolute Gasteiger partial charge is 0.237 e. The summed E-state index contributed by atoms with van der Waals surface area (Å²) in [5.74, 6) is -0.0763. The summed E-state index contributed by atoms with van der Waals surface area (Å²) in [7, 11) is -1.51. The molecule has 0 radical (unpaired) electrons. The standard InChI is InChI=1S/C7H14N2O3S/c1-3-13(11,12)9-5-4-8(2)7(10)6-9/h3-6H2,1-2H3. The largest absolute Gasteiger partial charge is 0.343 e. The second-order valence-corrected chi connectivity index (χ2v) is 5.31. The van der Waals surface area contributed by atoms with E-state index in [-0.39, 0.29) is 18.2 Å². The Labute approximate surface area is 78.4 Å². The topological polar surface area (TPSA) is 57.7 Å². The van der Waals surface area contributed by atoms with Crippen molar-refractivity contribution in [2.24, 2.45) is 0 Å². The molecule has 1 aliphatic heterocycles. The number of likely N-dealkylation sites (N-methyl/N-ethyl adjacent to an activating group) is 1. The molecule has 5 nitrogen and oxygen atoms in total. The Kier molecular flexibility index (Phi) is 2.92. The van der Waals surface area contributed by atoms with Crippen LogP contribution in [0.25, 0.3) is 0 Å². The van der Waals surface area contributed by atoms with E-state index in [0.29, 0.717) is 13.1 Å².